The lowest BCUT2D eigenvalue weighted by molar-refractivity contribution is -0.137. The number of anilines is 1. The molecule has 0 atom stereocenters. The van der Waals surface area contributed by atoms with Gasteiger partial charge in [-0.25, -0.2) is 8.42 Å². The number of sulfonamides is 1. The van der Waals surface area contributed by atoms with Crippen LogP contribution in [0.1, 0.15) is 21.5 Å². The molecule has 0 saturated carbocycles. The summed E-state index contributed by atoms with van der Waals surface area (Å²) in [5.41, 5.74) is -0.334. The van der Waals surface area contributed by atoms with Crippen molar-refractivity contribution in [2.75, 3.05) is 31.6 Å². The SMILES string of the molecule is Cc1ccc(S(=O)(=O)N2CCOCC2)cc1NC(=O)c1cccc(C(F)(F)F)c1. The Morgan fingerprint density at radius 2 is 1.79 bits per heavy atom. The van der Waals surface area contributed by atoms with Crippen molar-refractivity contribution in [1.29, 1.82) is 0 Å². The number of rotatable bonds is 4. The normalized spacial score (nSPS) is 15.9. The number of halogens is 3. The van der Waals surface area contributed by atoms with Crippen LogP contribution >= 0.6 is 0 Å². The average molecular weight is 428 g/mol. The number of nitrogens with one attached hydrogen (secondary N) is 1. The van der Waals surface area contributed by atoms with Gasteiger partial charge in [0.15, 0.2) is 0 Å². The molecule has 6 nitrogen and oxygen atoms in total. The number of carbonyl (C=O) groups is 1. The van der Waals surface area contributed by atoms with Gasteiger partial charge in [0.1, 0.15) is 0 Å². The molecule has 1 aliphatic rings. The zero-order valence-electron chi connectivity index (χ0n) is 15.5. The molecule has 10 heteroatoms. The molecule has 1 fully saturated rings. The molecule has 3 rings (SSSR count). The molecule has 2 aromatic carbocycles. The molecule has 1 N–H and O–H groups in total. The summed E-state index contributed by atoms with van der Waals surface area (Å²) in [5, 5.41) is 2.51. The molecular weight excluding hydrogens is 409 g/mol. The summed E-state index contributed by atoms with van der Waals surface area (Å²) in [6.07, 6.45) is -4.57. The lowest BCUT2D eigenvalue weighted by atomic mass is 10.1. The van der Waals surface area contributed by atoms with Crippen LogP contribution in [0.4, 0.5) is 18.9 Å². The summed E-state index contributed by atoms with van der Waals surface area (Å²) in [6, 6.07) is 8.30. The fourth-order valence-electron chi connectivity index (χ4n) is 2.86. The van der Waals surface area contributed by atoms with Gasteiger partial charge in [-0.2, -0.15) is 17.5 Å². The summed E-state index contributed by atoms with van der Waals surface area (Å²) in [4.78, 5) is 12.4. The quantitative estimate of drug-likeness (QED) is 0.811. The van der Waals surface area contributed by atoms with E-state index < -0.39 is 27.7 Å². The second-order valence-corrected chi connectivity index (χ2v) is 8.46. The highest BCUT2D eigenvalue weighted by Crippen LogP contribution is 2.30. The number of hydrogen-bond donors (Lipinski definition) is 1. The van der Waals surface area contributed by atoms with E-state index in [0.717, 1.165) is 18.2 Å². The maximum atomic E-state index is 12.9. The Kier molecular flexibility index (Phi) is 5.97. The number of amides is 1. The summed E-state index contributed by atoms with van der Waals surface area (Å²) in [7, 11) is -3.77. The van der Waals surface area contributed by atoms with Gasteiger partial charge in [0.05, 0.1) is 23.7 Å². The number of alkyl halides is 3. The van der Waals surface area contributed by atoms with E-state index in [4.69, 9.17) is 4.74 Å². The van der Waals surface area contributed by atoms with E-state index in [-0.39, 0.29) is 29.2 Å². The zero-order valence-corrected chi connectivity index (χ0v) is 16.3. The van der Waals surface area contributed by atoms with Crippen molar-refractivity contribution in [3.8, 4) is 0 Å². The Hall–Kier alpha value is -2.43. The molecule has 1 heterocycles. The third-order valence-electron chi connectivity index (χ3n) is 4.52. The monoisotopic (exact) mass is 428 g/mol. The summed E-state index contributed by atoms with van der Waals surface area (Å²) in [6.45, 7) is 2.70. The summed E-state index contributed by atoms with van der Waals surface area (Å²) in [5.74, 6) is -0.764. The van der Waals surface area contributed by atoms with Crippen molar-refractivity contribution >= 4 is 21.6 Å². The molecule has 29 heavy (non-hydrogen) atoms. The fourth-order valence-corrected chi connectivity index (χ4v) is 4.30. The summed E-state index contributed by atoms with van der Waals surface area (Å²) < 4.78 is 70.7. The van der Waals surface area contributed by atoms with Gasteiger partial charge in [0, 0.05) is 24.3 Å². The minimum absolute atomic E-state index is 0.00987. The van der Waals surface area contributed by atoms with Crippen LogP contribution in [0.3, 0.4) is 0 Å². The highest BCUT2D eigenvalue weighted by Gasteiger charge is 2.31. The first kappa shape index (κ1) is 21.3. The van der Waals surface area contributed by atoms with E-state index in [0.29, 0.717) is 18.8 Å². The number of morpholine rings is 1. The van der Waals surface area contributed by atoms with Gasteiger partial charge in [-0.05, 0) is 42.8 Å². The fraction of sp³-hybridized carbons (Fsp3) is 0.316. The Bertz CT molecular complexity index is 1020. The van der Waals surface area contributed by atoms with Crippen molar-refractivity contribution in [2.45, 2.75) is 18.0 Å². The Labute approximate surface area is 166 Å². The smallest absolute Gasteiger partial charge is 0.379 e. The Balaban J connectivity index is 1.86. The number of ether oxygens (including phenoxy) is 1. The average Bonchev–Trinajstić information content (AvgIpc) is 2.69. The van der Waals surface area contributed by atoms with Gasteiger partial charge in [-0.15, -0.1) is 0 Å². The number of carbonyl (C=O) groups excluding carboxylic acids is 1. The molecule has 1 amide bonds. The standard InChI is InChI=1S/C19H19F3N2O4S/c1-13-5-6-16(29(26,27)24-7-9-28-10-8-24)12-17(13)23-18(25)14-3-2-4-15(11-14)19(20,21)22/h2-6,11-12H,7-10H2,1H3,(H,23,25). The number of nitrogens with zero attached hydrogens (tertiary/aromatic N) is 1. The van der Waals surface area contributed by atoms with Gasteiger partial charge < -0.3 is 10.1 Å². The molecule has 0 radical (unpaired) electrons. The van der Waals surface area contributed by atoms with Crippen molar-refractivity contribution in [3.05, 3.63) is 59.2 Å². The maximum absolute atomic E-state index is 12.9. The Morgan fingerprint density at radius 1 is 1.10 bits per heavy atom. The van der Waals surface area contributed by atoms with Crippen LogP contribution in [0, 0.1) is 6.92 Å². The van der Waals surface area contributed by atoms with Crippen molar-refractivity contribution in [3.63, 3.8) is 0 Å². The minimum atomic E-state index is -4.57. The van der Waals surface area contributed by atoms with Gasteiger partial charge in [-0.1, -0.05) is 12.1 Å². The number of hydrogen-bond acceptors (Lipinski definition) is 4. The first-order valence-electron chi connectivity index (χ1n) is 8.76. The van der Waals surface area contributed by atoms with Crippen LogP contribution in [-0.2, 0) is 20.9 Å². The molecule has 156 valence electrons. The van der Waals surface area contributed by atoms with Gasteiger partial charge >= 0.3 is 6.18 Å². The highest BCUT2D eigenvalue weighted by atomic mass is 32.2. The first-order chi connectivity index (χ1) is 13.6. The second kappa shape index (κ2) is 8.13. The van der Waals surface area contributed by atoms with Crippen LogP contribution in [0.2, 0.25) is 0 Å². The molecule has 2 aromatic rings. The third kappa shape index (κ3) is 4.77. The predicted octanol–water partition coefficient (Wildman–Crippen LogP) is 3.29. The number of benzene rings is 2. The lowest BCUT2D eigenvalue weighted by Crippen LogP contribution is -2.40. The maximum Gasteiger partial charge on any atom is 0.416 e. The van der Waals surface area contributed by atoms with Gasteiger partial charge in [0.25, 0.3) is 5.91 Å². The first-order valence-corrected chi connectivity index (χ1v) is 10.2. The van der Waals surface area contributed by atoms with Crippen molar-refractivity contribution < 1.29 is 31.1 Å². The van der Waals surface area contributed by atoms with E-state index in [9.17, 15) is 26.4 Å². The van der Waals surface area contributed by atoms with E-state index in [1.165, 1.54) is 28.6 Å². The van der Waals surface area contributed by atoms with E-state index >= 15 is 0 Å². The second-order valence-electron chi connectivity index (χ2n) is 6.53. The van der Waals surface area contributed by atoms with Crippen molar-refractivity contribution in [1.82, 2.24) is 4.31 Å². The van der Waals surface area contributed by atoms with Crippen molar-refractivity contribution in [2.24, 2.45) is 0 Å². The van der Waals surface area contributed by atoms with Gasteiger partial charge in [-0.3, -0.25) is 4.79 Å². The molecule has 1 aliphatic heterocycles. The van der Waals surface area contributed by atoms with E-state index in [1.807, 2.05) is 0 Å². The molecule has 0 aromatic heterocycles. The number of aryl methyl sites for hydroxylation is 1. The molecule has 0 aliphatic carbocycles. The summed E-state index contributed by atoms with van der Waals surface area (Å²) >= 11 is 0. The topological polar surface area (TPSA) is 75.7 Å². The van der Waals surface area contributed by atoms with Crippen LogP contribution in [0.15, 0.2) is 47.4 Å². The van der Waals surface area contributed by atoms with Crippen LogP contribution in [-0.4, -0.2) is 44.9 Å². The van der Waals surface area contributed by atoms with Gasteiger partial charge in [0.2, 0.25) is 10.0 Å². The molecular formula is C19H19F3N2O4S. The highest BCUT2D eigenvalue weighted by molar-refractivity contribution is 7.89. The largest absolute Gasteiger partial charge is 0.416 e. The zero-order chi connectivity index (χ0) is 21.2. The predicted molar refractivity (Wildman–Crippen MR) is 100 cm³/mol. The van der Waals surface area contributed by atoms with E-state index in [2.05, 4.69) is 5.32 Å². The van der Waals surface area contributed by atoms with Crippen LogP contribution < -0.4 is 5.32 Å². The van der Waals surface area contributed by atoms with Crippen LogP contribution in [0.25, 0.3) is 0 Å². The van der Waals surface area contributed by atoms with Crippen LogP contribution in [0.5, 0.6) is 0 Å². The molecule has 0 spiro atoms. The minimum Gasteiger partial charge on any atom is -0.379 e. The molecule has 0 unspecified atom stereocenters. The molecule has 1 saturated heterocycles. The molecule has 0 bridgehead atoms. The van der Waals surface area contributed by atoms with E-state index in [1.54, 1.807) is 6.92 Å². The lowest BCUT2D eigenvalue weighted by Gasteiger charge is -2.26. The Morgan fingerprint density at radius 3 is 2.45 bits per heavy atom. The third-order valence-corrected chi connectivity index (χ3v) is 6.41.